The minimum Gasteiger partial charge on any atom is -0.465 e. The maximum absolute atomic E-state index is 13.0. The van der Waals surface area contributed by atoms with E-state index in [1.807, 2.05) is 30.3 Å². The van der Waals surface area contributed by atoms with E-state index in [1.54, 1.807) is 24.3 Å². The number of esters is 1. The lowest BCUT2D eigenvalue weighted by molar-refractivity contribution is 0.0600. The molecule has 0 N–H and O–H groups in total. The van der Waals surface area contributed by atoms with Crippen LogP contribution in [0.15, 0.2) is 78.1 Å². The molecular formula is C24H24N2O5. The fourth-order valence-electron chi connectivity index (χ4n) is 3.01. The van der Waals surface area contributed by atoms with Crippen LogP contribution in [0.3, 0.4) is 0 Å². The maximum atomic E-state index is 13.0. The van der Waals surface area contributed by atoms with Crippen LogP contribution in [-0.2, 0) is 16.1 Å². The molecule has 0 aliphatic heterocycles. The van der Waals surface area contributed by atoms with Crippen molar-refractivity contribution in [2.75, 3.05) is 18.6 Å². The first kappa shape index (κ1) is 21.8. The van der Waals surface area contributed by atoms with Gasteiger partial charge in [0, 0.05) is 17.8 Å². The summed E-state index contributed by atoms with van der Waals surface area (Å²) in [5.41, 5.74) is 2.19. The molecule has 0 spiro atoms. The van der Waals surface area contributed by atoms with Gasteiger partial charge in [0.05, 0.1) is 18.9 Å². The molecule has 0 fully saturated rings. The molecule has 2 aromatic carbocycles. The van der Waals surface area contributed by atoms with Crippen LogP contribution in [0.5, 0.6) is 0 Å². The topological polar surface area (TPSA) is 81.9 Å². The predicted molar refractivity (Wildman–Crippen MR) is 117 cm³/mol. The summed E-state index contributed by atoms with van der Waals surface area (Å²) in [4.78, 5) is 30.8. The van der Waals surface area contributed by atoms with E-state index >= 15 is 0 Å². The minimum atomic E-state index is -0.529. The molecule has 7 nitrogen and oxygen atoms in total. The van der Waals surface area contributed by atoms with Gasteiger partial charge in [-0.25, -0.2) is 14.6 Å². The van der Waals surface area contributed by atoms with Gasteiger partial charge in [0.25, 0.3) is 0 Å². The van der Waals surface area contributed by atoms with Crippen molar-refractivity contribution in [2.24, 2.45) is 0 Å². The fraction of sp³-hybridized carbons (Fsp3) is 0.208. The fourth-order valence-corrected chi connectivity index (χ4v) is 3.01. The quantitative estimate of drug-likeness (QED) is 0.268. The van der Waals surface area contributed by atoms with Crippen molar-refractivity contribution in [3.05, 3.63) is 84.8 Å². The molecule has 0 saturated carbocycles. The van der Waals surface area contributed by atoms with Crippen LogP contribution in [0.1, 0.15) is 28.8 Å². The van der Waals surface area contributed by atoms with Gasteiger partial charge in [-0.3, -0.25) is 4.90 Å². The van der Waals surface area contributed by atoms with E-state index in [1.165, 1.54) is 24.5 Å². The number of anilines is 1. The largest absolute Gasteiger partial charge is 0.465 e. The van der Waals surface area contributed by atoms with E-state index in [2.05, 4.69) is 11.6 Å². The van der Waals surface area contributed by atoms with Gasteiger partial charge < -0.3 is 13.9 Å². The number of nitrogens with zero attached hydrogens (tertiary/aromatic N) is 2. The molecule has 1 amide bonds. The molecule has 7 heteroatoms. The number of benzene rings is 2. The van der Waals surface area contributed by atoms with E-state index in [0.717, 1.165) is 12.0 Å². The van der Waals surface area contributed by atoms with Crippen LogP contribution in [0.2, 0.25) is 0 Å². The van der Waals surface area contributed by atoms with Gasteiger partial charge in [-0.15, -0.1) is 6.58 Å². The highest BCUT2D eigenvalue weighted by Gasteiger charge is 2.21. The zero-order valence-electron chi connectivity index (χ0n) is 17.3. The average Bonchev–Trinajstić information content (AvgIpc) is 3.35. The van der Waals surface area contributed by atoms with Gasteiger partial charge in [0.2, 0.25) is 5.89 Å². The number of amides is 1. The minimum absolute atomic E-state index is 0.140. The van der Waals surface area contributed by atoms with E-state index in [9.17, 15) is 9.59 Å². The smallest absolute Gasteiger partial charge is 0.414 e. The third kappa shape index (κ3) is 5.82. The number of hydrogen-bond donors (Lipinski definition) is 0. The number of carbonyl (C=O) groups excluding carboxylic acids is 2. The Kier molecular flexibility index (Phi) is 7.59. The van der Waals surface area contributed by atoms with Gasteiger partial charge >= 0.3 is 12.1 Å². The standard InChI is InChI=1S/C24H24N2O5/c1-3-4-8-12-26(24(28)31-17-18-9-6-5-7-10-18)21-15-19(22-25-11-13-30-22)14-20(16-21)23(27)29-2/h3,5-7,9-11,13-16H,1,4,8,12,17H2,2H3. The van der Waals surface area contributed by atoms with Gasteiger partial charge in [0.15, 0.2) is 0 Å². The third-order valence-corrected chi connectivity index (χ3v) is 4.55. The monoisotopic (exact) mass is 420 g/mol. The van der Waals surface area contributed by atoms with Crippen molar-refractivity contribution >= 4 is 17.7 Å². The average molecular weight is 420 g/mol. The Hall–Kier alpha value is -3.87. The molecule has 3 aromatic rings. The van der Waals surface area contributed by atoms with E-state index in [-0.39, 0.29) is 12.2 Å². The Morgan fingerprint density at radius 3 is 2.68 bits per heavy atom. The Balaban J connectivity index is 1.92. The Labute approximate surface area is 180 Å². The summed E-state index contributed by atoms with van der Waals surface area (Å²) in [6.45, 7) is 4.25. The molecule has 160 valence electrons. The number of rotatable bonds is 9. The van der Waals surface area contributed by atoms with Crippen LogP contribution >= 0.6 is 0 Å². The number of aromatic nitrogens is 1. The number of carbonyl (C=O) groups is 2. The van der Waals surface area contributed by atoms with Crippen molar-refractivity contribution in [2.45, 2.75) is 19.4 Å². The molecule has 31 heavy (non-hydrogen) atoms. The highest BCUT2D eigenvalue weighted by Crippen LogP contribution is 2.27. The highest BCUT2D eigenvalue weighted by atomic mass is 16.6. The van der Waals surface area contributed by atoms with E-state index in [4.69, 9.17) is 13.9 Å². The Bertz CT molecular complexity index is 1020. The summed E-state index contributed by atoms with van der Waals surface area (Å²) >= 11 is 0. The highest BCUT2D eigenvalue weighted by molar-refractivity contribution is 5.95. The van der Waals surface area contributed by atoms with Crippen LogP contribution in [-0.4, -0.2) is 30.7 Å². The van der Waals surface area contributed by atoms with Gasteiger partial charge in [0.1, 0.15) is 12.9 Å². The molecule has 1 aromatic heterocycles. The van der Waals surface area contributed by atoms with Crippen molar-refractivity contribution < 1.29 is 23.5 Å². The zero-order valence-corrected chi connectivity index (χ0v) is 17.3. The molecule has 0 atom stereocenters. The number of allylic oxidation sites excluding steroid dienone is 1. The van der Waals surface area contributed by atoms with Gasteiger partial charge in [-0.05, 0) is 36.6 Å². The summed E-state index contributed by atoms with van der Waals surface area (Å²) in [5, 5.41) is 0. The normalized spacial score (nSPS) is 10.4. The summed E-state index contributed by atoms with van der Waals surface area (Å²) < 4.78 is 15.8. The lowest BCUT2D eigenvalue weighted by atomic mass is 10.1. The van der Waals surface area contributed by atoms with Crippen molar-refractivity contribution in [1.29, 1.82) is 0 Å². The molecule has 3 rings (SSSR count). The second kappa shape index (κ2) is 10.8. The molecule has 1 heterocycles. The Morgan fingerprint density at radius 1 is 1.19 bits per heavy atom. The first-order valence-electron chi connectivity index (χ1n) is 9.84. The molecule has 0 bridgehead atoms. The van der Waals surface area contributed by atoms with Gasteiger partial charge in [-0.2, -0.15) is 0 Å². The lowest BCUT2D eigenvalue weighted by Gasteiger charge is -2.23. The number of methoxy groups -OCH3 is 1. The third-order valence-electron chi connectivity index (χ3n) is 4.55. The van der Waals surface area contributed by atoms with Crippen molar-refractivity contribution in [3.63, 3.8) is 0 Å². The summed E-state index contributed by atoms with van der Waals surface area (Å²) in [5.74, 6) is -0.200. The first-order valence-corrected chi connectivity index (χ1v) is 9.84. The predicted octanol–water partition coefficient (Wildman–Crippen LogP) is 5.24. The molecule has 0 aliphatic rings. The van der Waals surface area contributed by atoms with Crippen LogP contribution in [0, 0.1) is 0 Å². The second-order valence-electron chi connectivity index (χ2n) is 6.72. The zero-order chi connectivity index (χ0) is 22.1. The lowest BCUT2D eigenvalue weighted by Crippen LogP contribution is -2.32. The number of oxazole rings is 1. The van der Waals surface area contributed by atoms with Crippen molar-refractivity contribution in [3.8, 4) is 11.5 Å². The number of unbranched alkanes of at least 4 members (excludes halogenated alkanes) is 1. The van der Waals surface area contributed by atoms with E-state index < -0.39 is 12.1 Å². The number of hydrogen-bond acceptors (Lipinski definition) is 6. The first-order chi connectivity index (χ1) is 15.1. The van der Waals surface area contributed by atoms with Crippen LogP contribution in [0.4, 0.5) is 10.5 Å². The summed E-state index contributed by atoms with van der Waals surface area (Å²) in [6.07, 6.45) is 5.63. The number of ether oxygens (including phenoxy) is 2. The SMILES string of the molecule is C=CCCCN(C(=O)OCc1ccccc1)c1cc(C(=O)OC)cc(-c2ncco2)c1. The summed E-state index contributed by atoms with van der Waals surface area (Å²) in [7, 11) is 1.30. The molecule has 0 radical (unpaired) electrons. The maximum Gasteiger partial charge on any atom is 0.414 e. The van der Waals surface area contributed by atoms with Crippen LogP contribution in [0.25, 0.3) is 11.5 Å². The van der Waals surface area contributed by atoms with Gasteiger partial charge in [-0.1, -0.05) is 36.4 Å². The van der Waals surface area contributed by atoms with Crippen molar-refractivity contribution in [1.82, 2.24) is 4.98 Å². The van der Waals surface area contributed by atoms with E-state index in [0.29, 0.717) is 30.1 Å². The molecule has 0 aliphatic carbocycles. The molecule has 0 unspecified atom stereocenters. The molecule has 0 saturated heterocycles. The Morgan fingerprint density at radius 2 is 2.00 bits per heavy atom. The summed E-state index contributed by atoms with van der Waals surface area (Å²) in [6, 6.07) is 14.4. The van der Waals surface area contributed by atoms with Crippen LogP contribution < -0.4 is 4.90 Å². The second-order valence-corrected chi connectivity index (χ2v) is 6.72. The molecular weight excluding hydrogens is 396 g/mol.